The molecule has 0 fully saturated rings. The van der Waals surface area contributed by atoms with Gasteiger partial charge in [0.2, 0.25) is 5.91 Å². The van der Waals surface area contributed by atoms with Crippen molar-refractivity contribution in [3.8, 4) is 5.75 Å². The van der Waals surface area contributed by atoms with Crippen molar-refractivity contribution in [2.45, 2.75) is 32.2 Å². The van der Waals surface area contributed by atoms with E-state index < -0.39 is 17.8 Å². The predicted molar refractivity (Wildman–Crippen MR) is 88.3 cm³/mol. The molecule has 128 valence electrons. The SMILES string of the molecule is CCCCSCCC(=O)NC(C(=O)O)c1ccc(OC)c(F)c1. The average molecular weight is 343 g/mol. The number of amides is 1. The van der Waals surface area contributed by atoms with Gasteiger partial charge < -0.3 is 15.2 Å². The zero-order valence-corrected chi connectivity index (χ0v) is 14.1. The van der Waals surface area contributed by atoms with Crippen LogP contribution in [0, 0.1) is 5.82 Å². The lowest BCUT2D eigenvalue weighted by Gasteiger charge is -2.15. The topological polar surface area (TPSA) is 75.6 Å². The van der Waals surface area contributed by atoms with E-state index in [0.29, 0.717) is 5.75 Å². The Kier molecular flexibility index (Phi) is 8.47. The van der Waals surface area contributed by atoms with Crippen LogP contribution < -0.4 is 10.1 Å². The van der Waals surface area contributed by atoms with Crippen molar-refractivity contribution in [1.82, 2.24) is 5.32 Å². The Morgan fingerprint density at radius 3 is 2.70 bits per heavy atom. The Bertz CT molecular complexity index is 539. The molecule has 0 spiro atoms. The van der Waals surface area contributed by atoms with E-state index in [1.54, 1.807) is 11.8 Å². The van der Waals surface area contributed by atoms with Gasteiger partial charge in [0.1, 0.15) is 0 Å². The lowest BCUT2D eigenvalue weighted by atomic mass is 10.1. The van der Waals surface area contributed by atoms with Gasteiger partial charge in [-0.05, 0) is 29.9 Å². The van der Waals surface area contributed by atoms with Crippen LogP contribution in [0.1, 0.15) is 37.8 Å². The van der Waals surface area contributed by atoms with E-state index >= 15 is 0 Å². The third-order valence-electron chi connectivity index (χ3n) is 3.18. The lowest BCUT2D eigenvalue weighted by Crippen LogP contribution is -2.34. The van der Waals surface area contributed by atoms with E-state index in [2.05, 4.69) is 12.2 Å². The molecule has 23 heavy (non-hydrogen) atoms. The van der Waals surface area contributed by atoms with Crippen molar-refractivity contribution in [3.05, 3.63) is 29.6 Å². The molecule has 0 saturated heterocycles. The van der Waals surface area contributed by atoms with Crippen LogP contribution in [-0.4, -0.2) is 35.6 Å². The van der Waals surface area contributed by atoms with Crippen molar-refractivity contribution in [2.75, 3.05) is 18.6 Å². The second kappa shape index (κ2) is 10.1. The molecule has 0 aliphatic carbocycles. The molecule has 0 bridgehead atoms. The van der Waals surface area contributed by atoms with Gasteiger partial charge in [-0.15, -0.1) is 0 Å². The van der Waals surface area contributed by atoms with Gasteiger partial charge in [-0.1, -0.05) is 19.4 Å². The standard InChI is InChI=1S/C16H22FNO4S/c1-3-4-8-23-9-7-14(19)18-15(16(20)21)11-5-6-13(22-2)12(17)10-11/h5-6,10,15H,3-4,7-9H2,1-2H3,(H,18,19)(H,20,21). The molecule has 0 radical (unpaired) electrons. The van der Waals surface area contributed by atoms with Crippen molar-refractivity contribution in [2.24, 2.45) is 0 Å². The predicted octanol–water partition coefficient (Wildman–Crippen LogP) is 3.00. The molecule has 0 heterocycles. The number of thioether (sulfide) groups is 1. The van der Waals surface area contributed by atoms with Gasteiger partial charge in [-0.25, -0.2) is 9.18 Å². The molecule has 1 atom stereocenters. The molecular weight excluding hydrogens is 321 g/mol. The number of ether oxygens (including phenoxy) is 1. The summed E-state index contributed by atoms with van der Waals surface area (Å²) in [6.45, 7) is 2.10. The summed E-state index contributed by atoms with van der Waals surface area (Å²) in [5.74, 6) is -0.623. The molecule has 5 nitrogen and oxygen atoms in total. The molecule has 2 N–H and O–H groups in total. The molecule has 1 rings (SSSR count). The highest BCUT2D eigenvalue weighted by Crippen LogP contribution is 2.22. The smallest absolute Gasteiger partial charge is 0.330 e. The van der Waals surface area contributed by atoms with Crippen LogP contribution in [0.3, 0.4) is 0 Å². The number of hydrogen-bond donors (Lipinski definition) is 2. The van der Waals surface area contributed by atoms with Crippen molar-refractivity contribution < 1.29 is 23.8 Å². The lowest BCUT2D eigenvalue weighted by molar-refractivity contribution is -0.142. The van der Waals surface area contributed by atoms with E-state index in [0.717, 1.165) is 24.7 Å². The van der Waals surface area contributed by atoms with Gasteiger partial charge in [0.05, 0.1) is 7.11 Å². The summed E-state index contributed by atoms with van der Waals surface area (Å²) in [5.41, 5.74) is 0.169. The molecule has 1 unspecified atom stereocenters. The van der Waals surface area contributed by atoms with Crippen LogP contribution in [0.4, 0.5) is 4.39 Å². The highest BCUT2D eigenvalue weighted by Gasteiger charge is 2.23. The summed E-state index contributed by atoms with van der Waals surface area (Å²) < 4.78 is 18.5. The Morgan fingerprint density at radius 2 is 2.13 bits per heavy atom. The third-order valence-corrected chi connectivity index (χ3v) is 4.25. The number of unbranched alkanes of at least 4 members (excludes halogenated alkanes) is 1. The number of benzene rings is 1. The Balaban J connectivity index is 2.63. The minimum Gasteiger partial charge on any atom is -0.494 e. The van der Waals surface area contributed by atoms with Crippen LogP contribution in [-0.2, 0) is 9.59 Å². The Hall–Kier alpha value is -1.76. The minimum absolute atomic E-state index is 0.0246. The quantitative estimate of drug-likeness (QED) is 0.639. The average Bonchev–Trinajstić information content (AvgIpc) is 2.52. The monoisotopic (exact) mass is 343 g/mol. The van der Waals surface area contributed by atoms with Crippen LogP contribution in [0.15, 0.2) is 18.2 Å². The first-order valence-electron chi connectivity index (χ1n) is 7.43. The maximum Gasteiger partial charge on any atom is 0.330 e. The summed E-state index contributed by atoms with van der Waals surface area (Å²) in [5, 5.41) is 11.7. The summed E-state index contributed by atoms with van der Waals surface area (Å²) in [4.78, 5) is 23.2. The van der Waals surface area contributed by atoms with Gasteiger partial charge >= 0.3 is 5.97 Å². The van der Waals surface area contributed by atoms with Crippen molar-refractivity contribution in [1.29, 1.82) is 0 Å². The molecule has 1 aromatic rings. The van der Waals surface area contributed by atoms with Gasteiger partial charge in [-0.3, -0.25) is 4.79 Å². The molecule has 1 aromatic carbocycles. The normalized spacial score (nSPS) is 11.8. The number of carbonyl (C=O) groups excluding carboxylic acids is 1. The van der Waals surface area contributed by atoms with Crippen molar-refractivity contribution >= 4 is 23.6 Å². The van der Waals surface area contributed by atoms with E-state index in [1.165, 1.54) is 19.2 Å². The molecule has 0 aromatic heterocycles. The Labute approximate surface area is 139 Å². The molecule has 0 aliphatic rings. The second-order valence-corrected chi connectivity index (χ2v) is 6.17. The fourth-order valence-corrected chi connectivity index (χ4v) is 2.92. The minimum atomic E-state index is -1.27. The summed E-state index contributed by atoms with van der Waals surface area (Å²) in [7, 11) is 1.32. The number of carboxylic acids is 1. The molecular formula is C16H22FNO4S. The Morgan fingerprint density at radius 1 is 1.39 bits per heavy atom. The van der Waals surface area contributed by atoms with Crippen LogP contribution in [0.5, 0.6) is 5.75 Å². The van der Waals surface area contributed by atoms with E-state index in [-0.39, 0.29) is 23.6 Å². The summed E-state index contributed by atoms with van der Waals surface area (Å²) in [6.07, 6.45) is 2.43. The number of carbonyl (C=O) groups is 2. The number of carboxylic acid groups (broad SMARTS) is 1. The van der Waals surface area contributed by atoms with Gasteiger partial charge in [0.25, 0.3) is 0 Å². The first-order chi connectivity index (χ1) is 11.0. The number of halogens is 1. The summed E-state index contributed by atoms with van der Waals surface area (Å²) in [6, 6.07) is 2.56. The molecule has 0 aliphatic heterocycles. The fourth-order valence-electron chi connectivity index (χ4n) is 1.90. The van der Waals surface area contributed by atoms with Crippen LogP contribution in [0.25, 0.3) is 0 Å². The van der Waals surface area contributed by atoms with Crippen LogP contribution >= 0.6 is 11.8 Å². The van der Waals surface area contributed by atoms with Gasteiger partial charge in [0, 0.05) is 12.2 Å². The third kappa shape index (κ3) is 6.48. The zero-order chi connectivity index (χ0) is 17.2. The molecule has 0 saturated carbocycles. The zero-order valence-electron chi connectivity index (χ0n) is 13.3. The second-order valence-electron chi connectivity index (χ2n) is 4.95. The van der Waals surface area contributed by atoms with E-state index in [4.69, 9.17) is 4.74 Å². The maximum absolute atomic E-state index is 13.7. The first-order valence-corrected chi connectivity index (χ1v) is 8.58. The first kappa shape index (κ1) is 19.3. The number of hydrogen-bond acceptors (Lipinski definition) is 4. The van der Waals surface area contributed by atoms with Gasteiger partial charge in [-0.2, -0.15) is 11.8 Å². The number of rotatable bonds is 10. The van der Waals surface area contributed by atoms with E-state index in [1.807, 2.05) is 0 Å². The van der Waals surface area contributed by atoms with Crippen molar-refractivity contribution in [3.63, 3.8) is 0 Å². The number of aliphatic carboxylic acids is 1. The highest BCUT2D eigenvalue weighted by atomic mass is 32.2. The molecule has 7 heteroatoms. The largest absolute Gasteiger partial charge is 0.494 e. The highest BCUT2D eigenvalue weighted by molar-refractivity contribution is 7.99. The number of nitrogens with one attached hydrogen (secondary N) is 1. The fraction of sp³-hybridized carbons (Fsp3) is 0.500. The number of methoxy groups -OCH3 is 1. The molecule has 1 amide bonds. The maximum atomic E-state index is 13.7. The van der Waals surface area contributed by atoms with Crippen LogP contribution in [0.2, 0.25) is 0 Å². The van der Waals surface area contributed by atoms with E-state index in [9.17, 15) is 19.1 Å². The summed E-state index contributed by atoms with van der Waals surface area (Å²) >= 11 is 1.66. The van der Waals surface area contributed by atoms with Gasteiger partial charge in [0.15, 0.2) is 17.6 Å².